The number of nitrogens with zero attached hydrogens (tertiary/aromatic N) is 3. The van der Waals surface area contributed by atoms with Gasteiger partial charge in [-0.3, -0.25) is 4.57 Å². The van der Waals surface area contributed by atoms with Gasteiger partial charge in [0, 0.05) is 6.54 Å². The molecule has 0 fully saturated rings. The summed E-state index contributed by atoms with van der Waals surface area (Å²) >= 11 is 0. The minimum Gasteiger partial charge on any atom is -0.424 e. The Morgan fingerprint density at radius 3 is 2.78 bits per heavy atom. The number of aromatic nitrogens is 3. The van der Waals surface area contributed by atoms with Crippen LogP contribution in [-0.2, 0) is 6.54 Å². The first-order valence-electron chi connectivity index (χ1n) is 6.05. The summed E-state index contributed by atoms with van der Waals surface area (Å²) in [5.41, 5.74) is 6.98. The Hall–Kier alpha value is -1.88. The van der Waals surface area contributed by atoms with Crippen molar-refractivity contribution >= 4 is 0 Å². The second kappa shape index (κ2) is 5.18. The molecule has 2 N–H and O–H groups in total. The second-order valence-electron chi connectivity index (χ2n) is 4.29. The van der Waals surface area contributed by atoms with Crippen molar-refractivity contribution in [1.82, 2.24) is 14.8 Å². The van der Waals surface area contributed by atoms with E-state index < -0.39 is 0 Å². The van der Waals surface area contributed by atoms with E-state index in [-0.39, 0.29) is 6.04 Å². The number of ether oxygens (including phenoxy) is 1. The molecule has 1 aromatic carbocycles. The van der Waals surface area contributed by atoms with Crippen LogP contribution in [-0.4, -0.2) is 14.8 Å². The molecule has 0 aliphatic heterocycles. The summed E-state index contributed by atoms with van der Waals surface area (Å²) < 4.78 is 7.63. The second-order valence-corrected chi connectivity index (χ2v) is 4.29. The molecular formula is C13H18N4O. The molecule has 2 aromatic rings. The highest BCUT2D eigenvalue weighted by Gasteiger charge is 2.15. The lowest BCUT2D eigenvalue weighted by Crippen LogP contribution is -2.13. The molecule has 0 bridgehead atoms. The first-order valence-corrected chi connectivity index (χ1v) is 6.05. The first-order chi connectivity index (χ1) is 8.61. The lowest BCUT2D eigenvalue weighted by molar-refractivity contribution is 0.409. The first kappa shape index (κ1) is 12.6. The van der Waals surface area contributed by atoms with Gasteiger partial charge in [-0.15, -0.1) is 5.10 Å². The van der Waals surface area contributed by atoms with Gasteiger partial charge in [0.05, 0.1) is 6.04 Å². The van der Waals surface area contributed by atoms with Crippen LogP contribution in [0.4, 0.5) is 0 Å². The summed E-state index contributed by atoms with van der Waals surface area (Å²) in [7, 11) is 0. The third-order valence-corrected chi connectivity index (χ3v) is 2.67. The Morgan fingerprint density at radius 2 is 2.17 bits per heavy atom. The monoisotopic (exact) mass is 246 g/mol. The molecular weight excluding hydrogens is 228 g/mol. The van der Waals surface area contributed by atoms with Gasteiger partial charge in [0.25, 0.3) is 0 Å². The number of rotatable bonds is 4. The Kier molecular flexibility index (Phi) is 3.62. The maximum absolute atomic E-state index is 5.84. The van der Waals surface area contributed by atoms with E-state index in [0.717, 1.165) is 23.7 Å². The highest BCUT2D eigenvalue weighted by atomic mass is 16.5. The van der Waals surface area contributed by atoms with Crippen molar-refractivity contribution in [3.63, 3.8) is 0 Å². The quantitative estimate of drug-likeness (QED) is 0.899. The summed E-state index contributed by atoms with van der Waals surface area (Å²) in [6.45, 7) is 6.64. The summed E-state index contributed by atoms with van der Waals surface area (Å²) in [5, 5.41) is 8.11. The molecule has 5 nitrogen and oxygen atoms in total. The van der Waals surface area contributed by atoms with Gasteiger partial charge in [0.15, 0.2) is 5.82 Å². The molecule has 2 rings (SSSR count). The van der Waals surface area contributed by atoms with Gasteiger partial charge in [0.1, 0.15) is 5.75 Å². The average Bonchev–Trinajstić information content (AvgIpc) is 2.72. The summed E-state index contributed by atoms with van der Waals surface area (Å²) in [4.78, 5) is 0. The minimum absolute atomic E-state index is 0.160. The van der Waals surface area contributed by atoms with Crippen LogP contribution in [0, 0.1) is 6.92 Å². The fourth-order valence-electron chi connectivity index (χ4n) is 1.79. The molecule has 1 atom stereocenters. The SMILES string of the molecule is CCn1c(Oc2cccc(C)c2)nnc1[C@@H](C)N. The molecule has 0 spiro atoms. The van der Waals surface area contributed by atoms with E-state index in [0.29, 0.717) is 6.01 Å². The van der Waals surface area contributed by atoms with Crippen molar-refractivity contribution in [1.29, 1.82) is 0 Å². The summed E-state index contributed by atoms with van der Waals surface area (Å²) in [6.07, 6.45) is 0. The Bertz CT molecular complexity index is 534. The van der Waals surface area contributed by atoms with E-state index in [1.807, 2.05) is 49.6 Å². The normalized spacial score (nSPS) is 12.4. The summed E-state index contributed by atoms with van der Waals surface area (Å²) in [6, 6.07) is 8.14. The standard InChI is InChI=1S/C13H18N4O/c1-4-17-12(10(3)14)15-16-13(17)18-11-7-5-6-9(2)8-11/h5-8,10H,4,14H2,1-3H3/t10-/m1/s1. The van der Waals surface area contributed by atoms with Crippen LogP contribution in [0.3, 0.4) is 0 Å². The van der Waals surface area contributed by atoms with E-state index in [1.165, 1.54) is 0 Å². The van der Waals surface area contributed by atoms with Gasteiger partial charge in [-0.25, -0.2) is 0 Å². The number of benzene rings is 1. The Balaban J connectivity index is 2.29. The molecule has 18 heavy (non-hydrogen) atoms. The fourth-order valence-corrected chi connectivity index (χ4v) is 1.79. The zero-order valence-electron chi connectivity index (χ0n) is 10.9. The zero-order chi connectivity index (χ0) is 13.1. The third-order valence-electron chi connectivity index (χ3n) is 2.67. The summed E-state index contributed by atoms with van der Waals surface area (Å²) in [5.74, 6) is 1.49. The number of aryl methyl sites for hydroxylation is 1. The van der Waals surface area contributed by atoms with Gasteiger partial charge in [0.2, 0.25) is 0 Å². The predicted octanol–water partition coefficient (Wildman–Crippen LogP) is 2.42. The van der Waals surface area contributed by atoms with Crippen molar-refractivity contribution in [2.45, 2.75) is 33.4 Å². The smallest absolute Gasteiger partial charge is 0.322 e. The van der Waals surface area contributed by atoms with Crippen LogP contribution >= 0.6 is 0 Å². The van der Waals surface area contributed by atoms with E-state index in [4.69, 9.17) is 10.5 Å². The van der Waals surface area contributed by atoms with Gasteiger partial charge in [-0.05, 0) is 38.5 Å². The molecule has 0 amide bonds. The zero-order valence-corrected chi connectivity index (χ0v) is 10.9. The van der Waals surface area contributed by atoms with Crippen molar-refractivity contribution in [3.8, 4) is 11.8 Å². The Labute approximate surface area is 107 Å². The average molecular weight is 246 g/mol. The largest absolute Gasteiger partial charge is 0.424 e. The van der Waals surface area contributed by atoms with Gasteiger partial charge < -0.3 is 10.5 Å². The predicted molar refractivity (Wildman–Crippen MR) is 69.6 cm³/mol. The van der Waals surface area contributed by atoms with E-state index in [1.54, 1.807) is 0 Å². The van der Waals surface area contributed by atoms with E-state index in [2.05, 4.69) is 10.2 Å². The van der Waals surface area contributed by atoms with Crippen LogP contribution in [0.1, 0.15) is 31.3 Å². The molecule has 96 valence electrons. The molecule has 0 saturated carbocycles. The van der Waals surface area contributed by atoms with Crippen LogP contribution in [0.25, 0.3) is 0 Å². The van der Waals surface area contributed by atoms with E-state index >= 15 is 0 Å². The van der Waals surface area contributed by atoms with Gasteiger partial charge in [-0.1, -0.05) is 17.2 Å². The maximum atomic E-state index is 5.84. The van der Waals surface area contributed by atoms with Crippen LogP contribution in [0.5, 0.6) is 11.8 Å². The molecule has 5 heteroatoms. The van der Waals surface area contributed by atoms with Crippen molar-refractivity contribution in [2.24, 2.45) is 5.73 Å². The van der Waals surface area contributed by atoms with Crippen molar-refractivity contribution < 1.29 is 4.74 Å². The molecule has 0 aliphatic rings. The van der Waals surface area contributed by atoms with Crippen molar-refractivity contribution in [3.05, 3.63) is 35.7 Å². The topological polar surface area (TPSA) is 66.0 Å². The highest BCUT2D eigenvalue weighted by molar-refractivity contribution is 5.29. The lowest BCUT2D eigenvalue weighted by atomic mass is 10.2. The van der Waals surface area contributed by atoms with Gasteiger partial charge in [-0.2, -0.15) is 0 Å². The Morgan fingerprint density at radius 1 is 1.39 bits per heavy atom. The third kappa shape index (κ3) is 2.51. The van der Waals surface area contributed by atoms with E-state index in [9.17, 15) is 0 Å². The molecule has 0 radical (unpaired) electrons. The maximum Gasteiger partial charge on any atom is 0.322 e. The number of hydrogen-bond acceptors (Lipinski definition) is 4. The molecule has 1 heterocycles. The van der Waals surface area contributed by atoms with Crippen molar-refractivity contribution in [2.75, 3.05) is 0 Å². The lowest BCUT2D eigenvalue weighted by Gasteiger charge is -2.10. The molecule has 0 aliphatic carbocycles. The molecule has 1 aromatic heterocycles. The van der Waals surface area contributed by atoms with Gasteiger partial charge >= 0.3 is 6.01 Å². The van der Waals surface area contributed by atoms with Crippen LogP contribution in [0.15, 0.2) is 24.3 Å². The molecule has 0 unspecified atom stereocenters. The van der Waals surface area contributed by atoms with Crippen LogP contribution in [0.2, 0.25) is 0 Å². The van der Waals surface area contributed by atoms with Crippen LogP contribution < -0.4 is 10.5 Å². The number of hydrogen-bond donors (Lipinski definition) is 1. The molecule has 0 saturated heterocycles. The highest BCUT2D eigenvalue weighted by Crippen LogP contribution is 2.22. The minimum atomic E-state index is -0.160. The number of nitrogens with two attached hydrogens (primary N) is 1. The fraction of sp³-hybridized carbons (Fsp3) is 0.385.